The molecule has 0 aromatic heterocycles. The van der Waals surface area contributed by atoms with Crippen LogP contribution in [0.5, 0.6) is 5.75 Å². The Morgan fingerprint density at radius 2 is 2.05 bits per heavy atom. The van der Waals surface area contributed by atoms with Gasteiger partial charge in [-0.25, -0.2) is 0 Å². The Morgan fingerprint density at radius 3 is 2.68 bits per heavy atom. The first-order valence-corrected chi connectivity index (χ1v) is 6.45. The summed E-state index contributed by atoms with van der Waals surface area (Å²) in [4.78, 5) is 0. The van der Waals surface area contributed by atoms with Gasteiger partial charge in [0.1, 0.15) is 5.75 Å². The standard InChI is InChI=1S/C14H20F3NO/c1-3-8-18-11(2)12-5-4-6-13(10-12)19-9-7-14(15,16)17/h4-6,10-11,18H,3,7-9H2,1-2H3. The molecule has 0 bridgehead atoms. The van der Waals surface area contributed by atoms with Crippen LogP contribution in [-0.2, 0) is 0 Å². The molecule has 5 heteroatoms. The first-order valence-electron chi connectivity index (χ1n) is 6.45. The fourth-order valence-electron chi connectivity index (χ4n) is 1.64. The lowest BCUT2D eigenvalue weighted by Crippen LogP contribution is -2.19. The van der Waals surface area contributed by atoms with Gasteiger partial charge in [0.25, 0.3) is 0 Å². The summed E-state index contributed by atoms with van der Waals surface area (Å²) in [6, 6.07) is 7.34. The van der Waals surface area contributed by atoms with Crippen molar-refractivity contribution < 1.29 is 17.9 Å². The highest BCUT2D eigenvalue weighted by Gasteiger charge is 2.26. The summed E-state index contributed by atoms with van der Waals surface area (Å²) in [6.45, 7) is 4.66. The molecule has 0 fully saturated rings. The lowest BCUT2D eigenvalue weighted by molar-refractivity contribution is -0.139. The molecule has 0 aliphatic heterocycles. The fraction of sp³-hybridized carbons (Fsp3) is 0.571. The Hall–Kier alpha value is -1.23. The molecule has 1 rings (SSSR count). The number of ether oxygens (including phenoxy) is 1. The first kappa shape index (κ1) is 15.8. The van der Waals surface area contributed by atoms with Crippen molar-refractivity contribution in [2.75, 3.05) is 13.2 Å². The summed E-state index contributed by atoms with van der Waals surface area (Å²) in [5.41, 5.74) is 1.01. The van der Waals surface area contributed by atoms with Crippen LogP contribution in [0.15, 0.2) is 24.3 Å². The van der Waals surface area contributed by atoms with Crippen LogP contribution < -0.4 is 10.1 Å². The van der Waals surface area contributed by atoms with Crippen LogP contribution in [0.4, 0.5) is 13.2 Å². The first-order chi connectivity index (χ1) is 8.92. The highest BCUT2D eigenvalue weighted by Crippen LogP contribution is 2.22. The Bertz CT molecular complexity index is 379. The van der Waals surface area contributed by atoms with Crippen LogP contribution in [-0.4, -0.2) is 19.3 Å². The lowest BCUT2D eigenvalue weighted by atomic mass is 10.1. The van der Waals surface area contributed by atoms with E-state index < -0.39 is 12.6 Å². The van der Waals surface area contributed by atoms with Crippen molar-refractivity contribution in [1.82, 2.24) is 5.32 Å². The normalized spacial score (nSPS) is 13.3. The third-order valence-electron chi connectivity index (χ3n) is 2.71. The van der Waals surface area contributed by atoms with Gasteiger partial charge in [0.15, 0.2) is 0 Å². The van der Waals surface area contributed by atoms with Crippen molar-refractivity contribution in [3.63, 3.8) is 0 Å². The van der Waals surface area contributed by atoms with Gasteiger partial charge < -0.3 is 10.1 Å². The number of nitrogens with one attached hydrogen (secondary N) is 1. The van der Waals surface area contributed by atoms with E-state index in [4.69, 9.17) is 4.74 Å². The van der Waals surface area contributed by atoms with Crippen molar-refractivity contribution in [2.45, 2.75) is 38.9 Å². The van der Waals surface area contributed by atoms with E-state index in [1.54, 1.807) is 18.2 Å². The zero-order valence-corrected chi connectivity index (χ0v) is 11.3. The third-order valence-corrected chi connectivity index (χ3v) is 2.71. The number of rotatable bonds is 7. The second kappa shape index (κ2) is 7.38. The summed E-state index contributed by atoms with van der Waals surface area (Å²) in [5.74, 6) is 0.479. The summed E-state index contributed by atoms with van der Waals surface area (Å²) >= 11 is 0. The lowest BCUT2D eigenvalue weighted by Gasteiger charge is -2.15. The Kier molecular flexibility index (Phi) is 6.15. The van der Waals surface area contributed by atoms with Gasteiger partial charge in [0.2, 0.25) is 0 Å². The number of hydrogen-bond acceptors (Lipinski definition) is 2. The molecule has 1 unspecified atom stereocenters. The second-order valence-corrected chi connectivity index (χ2v) is 4.46. The monoisotopic (exact) mass is 275 g/mol. The molecule has 19 heavy (non-hydrogen) atoms. The van der Waals surface area contributed by atoms with Crippen LogP contribution in [0, 0.1) is 0 Å². The highest BCUT2D eigenvalue weighted by molar-refractivity contribution is 5.30. The van der Waals surface area contributed by atoms with E-state index in [0.29, 0.717) is 5.75 Å². The maximum atomic E-state index is 12.0. The summed E-state index contributed by atoms with van der Waals surface area (Å²) < 4.78 is 41.2. The van der Waals surface area contributed by atoms with E-state index in [1.807, 2.05) is 13.0 Å². The maximum Gasteiger partial charge on any atom is 0.392 e. The van der Waals surface area contributed by atoms with Gasteiger partial charge in [-0.15, -0.1) is 0 Å². The van der Waals surface area contributed by atoms with Crippen LogP contribution in [0.3, 0.4) is 0 Å². The second-order valence-electron chi connectivity index (χ2n) is 4.46. The Balaban J connectivity index is 2.52. The van der Waals surface area contributed by atoms with E-state index in [9.17, 15) is 13.2 Å². The molecule has 1 N–H and O–H groups in total. The highest BCUT2D eigenvalue weighted by atomic mass is 19.4. The van der Waals surface area contributed by atoms with Crippen LogP contribution in [0.2, 0.25) is 0 Å². The largest absolute Gasteiger partial charge is 0.493 e. The number of hydrogen-bond donors (Lipinski definition) is 1. The quantitative estimate of drug-likeness (QED) is 0.809. The van der Waals surface area contributed by atoms with Crippen LogP contribution >= 0.6 is 0 Å². The molecule has 108 valence electrons. The molecular formula is C14H20F3NO. The zero-order valence-electron chi connectivity index (χ0n) is 11.3. The van der Waals surface area contributed by atoms with Crippen molar-refractivity contribution >= 4 is 0 Å². The third kappa shape index (κ3) is 6.47. The average molecular weight is 275 g/mol. The molecule has 0 saturated carbocycles. The molecule has 2 nitrogen and oxygen atoms in total. The van der Waals surface area contributed by atoms with Gasteiger partial charge in [0, 0.05) is 6.04 Å². The average Bonchev–Trinajstić information content (AvgIpc) is 2.35. The van der Waals surface area contributed by atoms with Crippen molar-refractivity contribution in [2.24, 2.45) is 0 Å². The minimum atomic E-state index is -4.17. The van der Waals surface area contributed by atoms with Gasteiger partial charge in [-0.2, -0.15) is 13.2 Å². The van der Waals surface area contributed by atoms with Crippen LogP contribution in [0.1, 0.15) is 38.3 Å². The Morgan fingerprint density at radius 1 is 1.32 bits per heavy atom. The molecule has 0 amide bonds. The van der Waals surface area contributed by atoms with Gasteiger partial charge in [-0.3, -0.25) is 0 Å². The SMILES string of the molecule is CCCNC(C)c1cccc(OCCC(F)(F)F)c1. The van der Waals surface area contributed by atoms with Crippen molar-refractivity contribution in [3.05, 3.63) is 29.8 Å². The smallest absolute Gasteiger partial charge is 0.392 e. The van der Waals surface area contributed by atoms with Crippen molar-refractivity contribution in [1.29, 1.82) is 0 Å². The maximum absolute atomic E-state index is 12.0. The van der Waals surface area contributed by atoms with E-state index in [1.165, 1.54) is 0 Å². The molecule has 0 saturated heterocycles. The minimum absolute atomic E-state index is 0.158. The molecule has 0 radical (unpaired) electrons. The number of alkyl halides is 3. The molecule has 1 atom stereocenters. The van der Waals surface area contributed by atoms with E-state index in [0.717, 1.165) is 18.5 Å². The fourth-order valence-corrected chi connectivity index (χ4v) is 1.64. The molecule has 1 aromatic carbocycles. The zero-order chi connectivity index (χ0) is 14.3. The molecule has 0 heterocycles. The Labute approximate surface area is 112 Å². The topological polar surface area (TPSA) is 21.3 Å². The van der Waals surface area contributed by atoms with E-state index in [2.05, 4.69) is 12.2 Å². The molecule has 0 spiro atoms. The van der Waals surface area contributed by atoms with Gasteiger partial charge in [0.05, 0.1) is 13.0 Å². The summed E-state index contributed by atoms with van der Waals surface area (Å²) in [6.07, 6.45) is -4.07. The predicted octanol–water partition coefficient (Wildman–Crippen LogP) is 4.08. The van der Waals surface area contributed by atoms with Crippen molar-refractivity contribution in [3.8, 4) is 5.75 Å². The molecule has 1 aromatic rings. The summed E-state index contributed by atoms with van der Waals surface area (Å²) in [5, 5.41) is 3.32. The molecule has 0 aliphatic rings. The number of benzene rings is 1. The predicted molar refractivity (Wildman–Crippen MR) is 69.3 cm³/mol. The van der Waals surface area contributed by atoms with E-state index in [-0.39, 0.29) is 12.6 Å². The van der Waals surface area contributed by atoms with E-state index >= 15 is 0 Å². The van der Waals surface area contributed by atoms with Gasteiger partial charge >= 0.3 is 6.18 Å². The minimum Gasteiger partial charge on any atom is -0.493 e. The number of halogens is 3. The molecule has 0 aliphatic carbocycles. The molecular weight excluding hydrogens is 255 g/mol. The van der Waals surface area contributed by atoms with Gasteiger partial charge in [-0.1, -0.05) is 19.1 Å². The summed E-state index contributed by atoms with van der Waals surface area (Å²) in [7, 11) is 0. The van der Waals surface area contributed by atoms with Crippen LogP contribution in [0.25, 0.3) is 0 Å². The van der Waals surface area contributed by atoms with Gasteiger partial charge in [-0.05, 0) is 37.6 Å².